The second kappa shape index (κ2) is 4.53. The van der Waals surface area contributed by atoms with E-state index < -0.39 is 0 Å². The molecule has 0 aliphatic rings. The van der Waals surface area contributed by atoms with Crippen LogP contribution in [-0.2, 0) is 22.4 Å². The normalized spacial score (nSPS) is 9.23. The Morgan fingerprint density at radius 1 is 1.23 bits per heavy atom. The Balaban J connectivity index is 0.000000845. The van der Waals surface area contributed by atoms with Gasteiger partial charge in [0.15, 0.2) is 4.77 Å². The number of para-hydroxylation sites is 1. The summed E-state index contributed by atoms with van der Waals surface area (Å²) in [6.07, 6.45) is 1.66. The van der Waals surface area contributed by atoms with Crippen LogP contribution in [0, 0.1) is 4.77 Å². The van der Waals surface area contributed by atoms with Crippen molar-refractivity contribution in [3.63, 3.8) is 0 Å². The molecule has 3 nitrogen and oxygen atoms in total. The average Bonchev–Trinajstić information content (AvgIpc) is 2.53. The van der Waals surface area contributed by atoms with Crippen LogP contribution in [0.15, 0.2) is 36.7 Å². The van der Waals surface area contributed by atoms with E-state index in [9.17, 15) is 0 Å². The van der Waals surface area contributed by atoms with Crippen molar-refractivity contribution in [3.05, 3.63) is 41.4 Å². The fraction of sp³-hybridized carbons (Fsp3) is 0. The van der Waals surface area contributed by atoms with Crippen LogP contribution in [0.25, 0.3) is 5.69 Å². The second-order valence-electron chi connectivity index (χ2n) is 2.37. The van der Waals surface area contributed by atoms with Gasteiger partial charge in [0.1, 0.15) is 6.33 Å². The molecule has 0 unspecified atom stereocenters. The summed E-state index contributed by atoms with van der Waals surface area (Å²) >= 11 is 5.01. The zero-order chi connectivity index (χ0) is 8.39. The Bertz CT molecular complexity index is 420. The summed E-state index contributed by atoms with van der Waals surface area (Å²) in [4.78, 5) is 0. The summed E-state index contributed by atoms with van der Waals surface area (Å²) in [6.45, 7) is 0. The van der Waals surface area contributed by atoms with E-state index in [-0.39, 0.29) is 22.4 Å². The molecule has 0 aliphatic carbocycles. The number of rotatable bonds is 1. The van der Waals surface area contributed by atoms with E-state index in [2.05, 4.69) is 10.2 Å². The van der Waals surface area contributed by atoms with E-state index in [1.807, 2.05) is 34.9 Å². The number of hydrogen-bond donors (Lipinski definition) is 1. The van der Waals surface area contributed by atoms with Crippen LogP contribution in [-0.4, -0.2) is 14.8 Å². The zero-order valence-corrected chi connectivity index (χ0v) is 8.87. The van der Waals surface area contributed by atoms with Gasteiger partial charge in [0.2, 0.25) is 0 Å². The smallest absolute Gasteiger partial charge is 0.275 e. The number of H-pyrrole nitrogens is 1. The van der Waals surface area contributed by atoms with Gasteiger partial charge in [0, 0.05) is 5.69 Å². The van der Waals surface area contributed by atoms with E-state index in [1.54, 1.807) is 6.33 Å². The van der Waals surface area contributed by atoms with Crippen molar-refractivity contribution < 1.29 is 22.4 Å². The van der Waals surface area contributed by atoms with Gasteiger partial charge in [-0.1, -0.05) is 18.2 Å². The second-order valence-corrected chi connectivity index (χ2v) is 2.75. The minimum atomic E-state index is 0. The number of nitrogens with one attached hydrogen (secondary N) is 1. The molecule has 70 valence electrons. The minimum Gasteiger partial charge on any atom is -0.275 e. The molecule has 0 aliphatic heterocycles. The largest absolute Gasteiger partial charge is 1.00 e. The van der Waals surface area contributed by atoms with Crippen molar-refractivity contribution in [2.24, 2.45) is 0 Å². The van der Waals surface area contributed by atoms with Gasteiger partial charge < -0.3 is 0 Å². The molecule has 2 aromatic rings. The van der Waals surface area contributed by atoms with E-state index in [0.717, 1.165) is 5.69 Å². The van der Waals surface area contributed by atoms with Crippen molar-refractivity contribution in [1.29, 1.82) is 0 Å². The molecule has 0 atom stereocenters. The van der Waals surface area contributed by atoms with Crippen LogP contribution in [0.5, 0.6) is 0 Å². The molecule has 5 heteroatoms. The van der Waals surface area contributed by atoms with Crippen LogP contribution in [0.2, 0.25) is 0 Å². The first-order valence-corrected chi connectivity index (χ1v) is 3.96. The number of nitrogens with zero attached hydrogens (tertiary/aromatic N) is 2. The van der Waals surface area contributed by atoms with Crippen molar-refractivity contribution in [3.8, 4) is 5.69 Å². The van der Waals surface area contributed by atoms with E-state index in [0.29, 0.717) is 4.77 Å². The third-order valence-electron chi connectivity index (χ3n) is 1.59. The SMILES string of the molecule is S=c1[nH]ncn1-c1ccccc1.[Ag+]. The summed E-state index contributed by atoms with van der Waals surface area (Å²) in [7, 11) is 0. The molecular weight excluding hydrogens is 278 g/mol. The van der Waals surface area contributed by atoms with E-state index in [1.165, 1.54) is 0 Å². The van der Waals surface area contributed by atoms with E-state index in [4.69, 9.17) is 12.2 Å². The van der Waals surface area contributed by atoms with Gasteiger partial charge in [-0.15, -0.1) is 0 Å². The predicted octanol–water partition coefficient (Wildman–Crippen LogP) is 1.93. The molecule has 0 radical (unpaired) electrons. The Labute approximate surface area is 96.3 Å². The molecular formula is C8H7AgN3S+. The number of benzene rings is 1. The maximum Gasteiger partial charge on any atom is 1.00 e. The summed E-state index contributed by atoms with van der Waals surface area (Å²) < 4.78 is 2.43. The van der Waals surface area contributed by atoms with Crippen LogP contribution in [0.3, 0.4) is 0 Å². The molecule has 0 amide bonds. The van der Waals surface area contributed by atoms with Gasteiger partial charge in [0.25, 0.3) is 0 Å². The fourth-order valence-electron chi connectivity index (χ4n) is 1.02. The maximum absolute atomic E-state index is 5.01. The molecule has 1 aromatic carbocycles. The van der Waals surface area contributed by atoms with E-state index >= 15 is 0 Å². The maximum atomic E-state index is 5.01. The Morgan fingerprint density at radius 3 is 2.46 bits per heavy atom. The molecule has 1 heterocycles. The van der Waals surface area contributed by atoms with Gasteiger partial charge in [-0.25, -0.2) is 0 Å². The molecule has 1 N–H and O–H groups in total. The summed E-state index contributed by atoms with van der Waals surface area (Å²) in [6, 6.07) is 9.85. The minimum absolute atomic E-state index is 0. The van der Waals surface area contributed by atoms with Crippen LogP contribution in [0.1, 0.15) is 0 Å². The third-order valence-corrected chi connectivity index (χ3v) is 1.87. The quantitative estimate of drug-likeness (QED) is 0.641. The predicted molar refractivity (Wildman–Crippen MR) is 48.7 cm³/mol. The van der Waals surface area contributed by atoms with Crippen LogP contribution >= 0.6 is 12.2 Å². The zero-order valence-electron chi connectivity index (χ0n) is 6.57. The number of aromatic amines is 1. The molecule has 1 aromatic heterocycles. The third kappa shape index (κ3) is 2.16. The standard InChI is InChI=1S/C8H7N3S.Ag/c12-8-10-9-6-11(8)7-4-2-1-3-5-7;/h1-6H,(H,10,12);/q;+1. The summed E-state index contributed by atoms with van der Waals surface area (Å²) in [5, 5.41) is 6.53. The molecule has 13 heavy (non-hydrogen) atoms. The average molecular weight is 285 g/mol. The monoisotopic (exact) mass is 284 g/mol. The summed E-state index contributed by atoms with van der Waals surface area (Å²) in [5.41, 5.74) is 1.02. The molecule has 0 bridgehead atoms. The first kappa shape index (κ1) is 10.4. The van der Waals surface area contributed by atoms with Crippen molar-refractivity contribution in [1.82, 2.24) is 14.8 Å². The fourth-order valence-corrected chi connectivity index (χ4v) is 1.23. The first-order valence-electron chi connectivity index (χ1n) is 3.55. The molecule has 0 saturated carbocycles. The Hall–Kier alpha value is -0.680. The molecule has 0 saturated heterocycles. The van der Waals surface area contributed by atoms with Crippen LogP contribution in [0.4, 0.5) is 0 Å². The first-order chi connectivity index (χ1) is 5.88. The van der Waals surface area contributed by atoms with Gasteiger partial charge in [-0.3, -0.25) is 9.67 Å². The Kier molecular flexibility index (Phi) is 3.62. The van der Waals surface area contributed by atoms with Gasteiger partial charge in [-0.2, -0.15) is 5.10 Å². The van der Waals surface area contributed by atoms with Crippen molar-refractivity contribution in [2.45, 2.75) is 0 Å². The molecule has 0 fully saturated rings. The van der Waals surface area contributed by atoms with Crippen molar-refractivity contribution >= 4 is 12.2 Å². The van der Waals surface area contributed by atoms with Gasteiger partial charge in [0.05, 0.1) is 0 Å². The van der Waals surface area contributed by atoms with Crippen molar-refractivity contribution in [2.75, 3.05) is 0 Å². The number of hydrogen-bond acceptors (Lipinski definition) is 2. The topological polar surface area (TPSA) is 33.6 Å². The molecule has 0 spiro atoms. The van der Waals surface area contributed by atoms with Gasteiger partial charge >= 0.3 is 22.4 Å². The van der Waals surface area contributed by atoms with Gasteiger partial charge in [-0.05, 0) is 24.4 Å². The molecule has 2 rings (SSSR count). The Morgan fingerprint density at radius 2 is 1.92 bits per heavy atom. The van der Waals surface area contributed by atoms with Crippen LogP contribution < -0.4 is 0 Å². The number of aromatic nitrogens is 3. The summed E-state index contributed by atoms with van der Waals surface area (Å²) in [5.74, 6) is 0.